The van der Waals surface area contributed by atoms with Gasteiger partial charge in [0, 0.05) is 6.42 Å². The number of ether oxygens (including phenoxy) is 1. The van der Waals surface area contributed by atoms with Gasteiger partial charge in [0.2, 0.25) is 0 Å². The molecule has 2 aromatic rings. The van der Waals surface area contributed by atoms with E-state index in [4.69, 9.17) is 4.74 Å². The van der Waals surface area contributed by atoms with Crippen molar-refractivity contribution in [3.8, 4) is 11.1 Å². The molecule has 0 unspecified atom stereocenters. The van der Waals surface area contributed by atoms with Crippen molar-refractivity contribution in [2.75, 3.05) is 6.61 Å². The summed E-state index contributed by atoms with van der Waals surface area (Å²) in [6.45, 7) is 7.66. The molecule has 1 aliphatic rings. The Morgan fingerprint density at radius 3 is 2.27 bits per heavy atom. The summed E-state index contributed by atoms with van der Waals surface area (Å²) in [5, 5.41) is 0. The van der Waals surface area contributed by atoms with E-state index in [9.17, 15) is 4.79 Å². The summed E-state index contributed by atoms with van der Waals surface area (Å²) in [7, 11) is 0. The molecule has 0 fully saturated rings. The molecule has 138 valence electrons. The smallest absolute Gasteiger partial charge is 0.134 e. The molecular formula is C24H30O2. The van der Waals surface area contributed by atoms with Gasteiger partial charge in [0.15, 0.2) is 0 Å². The van der Waals surface area contributed by atoms with Crippen LogP contribution in [0.1, 0.15) is 61.4 Å². The fraction of sp³-hybridized carbons (Fsp3) is 0.458. The van der Waals surface area contributed by atoms with Crippen LogP contribution in [0.4, 0.5) is 0 Å². The Kier molecular flexibility index (Phi) is 6.26. The quantitative estimate of drug-likeness (QED) is 0.662. The van der Waals surface area contributed by atoms with Gasteiger partial charge in [-0.1, -0.05) is 51.0 Å². The zero-order valence-electron chi connectivity index (χ0n) is 16.4. The fourth-order valence-electron chi connectivity index (χ4n) is 3.97. The highest BCUT2D eigenvalue weighted by atomic mass is 16.5. The molecule has 0 amide bonds. The van der Waals surface area contributed by atoms with Gasteiger partial charge in [-0.15, -0.1) is 0 Å². The molecule has 2 heteroatoms. The molecule has 0 atom stereocenters. The van der Waals surface area contributed by atoms with Gasteiger partial charge < -0.3 is 4.74 Å². The fourth-order valence-corrected chi connectivity index (χ4v) is 3.97. The molecule has 0 saturated carbocycles. The summed E-state index contributed by atoms with van der Waals surface area (Å²) in [5.74, 6) is 0.249. The minimum atomic E-state index is 0.249. The van der Waals surface area contributed by atoms with E-state index in [-0.39, 0.29) is 5.78 Å². The predicted octanol–water partition coefficient (Wildman–Crippen LogP) is 5.46. The molecule has 2 nitrogen and oxygen atoms in total. The molecule has 0 aliphatic carbocycles. The number of carbonyl (C=O) groups excluding carboxylic acids is 1. The lowest BCUT2D eigenvalue weighted by atomic mass is 9.87. The van der Waals surface area contributed by atoms with E-state index in [0.717, 1.165) is 45.3 Å². The Morgan fingerprint density at radius 2 is 1.65 bits per heavy atom. The topological polar surface area (TPSA) is 26.3 Å². The molecule has 0 N–H and O–H groups in total. The van der Waals surface area contributed by atoms with Gasteiger partial charge in [0.1, 0.15) is 5.78 Å². The molecule has 0 radical (unpaired) electrons. The van der Waals surface area contributed by atoms with E-state index in [0.29, 0.717) is 6.42 Å². The van der Waals surface area contributed by atoms with Crippen molar-refractivity contribution in [3.63, 3.8) is 0 Å². The minimum absolute atomic E-state index is 0.249. The van der Waals surface area contributed by atoms with Crippen LogP contribution in [0.5, 0.6) is 0 Å². The second kappa shape index (κ2) is 8.64. The zero-order chi connectivity index (χ0) is 18.5. The number of hydrogen-bond donors (Lipinski definition) is 0. The lowest BCUT2D eigenvalue weighted by Gasteiger charge is -2.19. The van der Waals surface area contributed by atoms with Gasteiger partial charge in [0.25, 0.3) is 0 Å². The highest BCUT2D eigenvalue weighted by Gasteiger charge is 2.15. The third kappa shape index (κ3) is 4.24. The first-order chi connectivity index (χ1) is 12.6. The first-order valence-electron chi connectivity index (χ1n) is 9.96. The Balaban J connectivity index is 2.07. The number of rotatable bonds is 7. The van der Waals surface area contributed by atoms with Crippen LogP contribution in [0.25, 0.3) is 11.1 Å². The number of fused-ring (bicyclic) bond motifs is 1. The van der Waals surface area contributed by atoms with Crippen LogP contribution in [0, 0.1) is 0 Å². The molecule has 0 aromatic heterocycles. The maximum atomic E-state index is 11.8. The average Bonchev–Trinajstić information content (AvgIpc) is 2.63. The lowest BCUT2D eigenvalue weighted by molar-refractivity contribution is -0.116. The first-order valence-corrected chi connectivity index (χ1v) is 9.96. The Labute approximate surface area is 157 Å². The number of Topliss-reactive ketones (excluding diaryl/α,β-unsaturated/α-hetero) is 1. The Bertz CT molecular complexity index is 762. The van der Waals surface area contributed by atoms with Gasteiger partial charge in [-0.2, -0.15) is 0 Å². The van der Waals surface area contributed by atoms with E-state index in [1.165, 1.54) is 38.9 Å². The number of hydrogen-bond acceptors (Lipinski definition) is 2. The Morgan fingerprint density at radius 1 is 0.962 bits per heavy atom. The van der Waals surface area contributed by atoms with Crippen molar-refractivity contribution in [2.24, 2.45) is 0 Å². The molecule has 3 rings (SSSR count). The summed E-state index contributed by atoms with van der Waals surface area (Å²) in [6.07, 6.45) is 5.82. The van der Waals surface area contributed by atoms with Gasteiger partial charge in [-0.3, -0.25) is 4.79 Å². The summed E-state index contributed by atoms with van der Waals surface area (Å²) in [6, 6.07) is 11.4. The number of benzene rings is 2. The van der Waals surface area contributed by atoms with Crippen molar-refractivity contribution in [1.29, 1.82) is 0 Å². The van der Waals surface area contributed by atoms with Crippen LogP contribution >= 0.6 is 0 Å². The molecule has 0 bridgehead atoms. The molecule has 0 spiro atoms. The van der Waals surface area contributed by atoms with Crippen molar-refractivity contribution < 1.29 is 9.53 Å². The normalized spacial score (nSPS) is 13.5. The van der Waals surface area contributed by atoms with E-state index >= 15 is 0 Å². The number of carbonyl (C=O) groups is 1. The van der Waals surface area contributed by atoms with Gasteiger partial charge in [0.05, 0.1) is 13.2 Å². The van der Waals surface area contributed by atoms with Gasteiger partial charge >= 0.3 is 0 Å². The third-order valence-electron chi connectivity index (χ3n) is 5.21. The van der Waals surface area contributed by atoms with E-state index in [1.54, 1.807) is 6.92 Å². The number of ketones is 1. The van der Waals surface area contributed by atoms with Gasteiger partial charge in [-0.05, 0) is 71.2 Å². The van der Waals surface area contributed by atoms with Crippen LogP contribution in [0.2, 0.25) is 0 Å². The summed E-state index contributed by atoms with van der Waals surface area (Å²) in [4.78, 5) is 11.8. The second-order valence-electron chi connectivity index (χ2n) is 7.44. The lowest BCUT2D eigenvalue weighted by Crippen LogP contribution is -2.10. The summed E-state index contributed by atoms with van der Waals surface area (Å²) >= 11 is 0. The van der Waals surface area contributed by atoms with Crippen molar-refractivity contribution in [3.05, 3.63) is 58.1 Å². The third-order valence-corrected chi connectivity index (χ3v) is 5.21. The number of aryl methyl sites for hydroxylation is 2. The molecular weight excluding hydrogens is 320 g/mol. The van der Waals surface area contributed by atoms with Gasteiger partial charge in [-0.25, -0.2) is 0 Å². The average molecular weight is 351 g/mol. The van der Waals surface area contributed by atoms with Crippen LogP contribution in [-0.2, 0) is 41.8 Å². The highest BCUT2D eigenvalue weighted by Crippen LogP contribution is 2.30. The second-order valence-corrected chi connectivity index (χ2v) is 7.44. The monoisotopic (exact) mass is 350 g/mol. The zero-order valence-corrected chi connectivity index (χ0v) is 16.4. The summed E-state index contributed by atoms with van der Waals surface area (Å²) in [5.41, 5.74) is 9.23. The van der Waals surface area contributed by atoms with Crippen molar-refractivity contribution >= 4 is 5.78 Å². The maximum Gasteiger partial charge on any atom is 0.134 e. The summed E-state index contributed by atoms with van der Waals surface area (Å²) < 4.78 is 5.64. The van der Waals surface area contributed by atoms with Crippen LogP contribution in [-0.4, -0.2) is 12.4 Å². The van der Waals surface area contributed by atoms with Crippen LogP contribution < -0.4 is 0 Å². The van der Waals surface area contributed by atoms with E-state index < -0.39 is 0 Å². The van der Waals surface area contributed by atoms with E-state index in [1.807, 2.05) is 0 Å². The molecule has 0 saturated heterocycles. The molecule has 2 aromatic carbocycles. The van der Waals surface area contributed by atoms with Crippen molar-refractivity contribution in [1.82, 2.24) is 0 Å². The highest BCUT2D eigenvalue weighted by molar-refractivity contribution is 5.80. The van der Waals surface area contributed by atoms with E-state index in [2.05, 4.69) is 44.2 Å². The van der Waals surface area contributed by atoms with Crippen LogP contribution in [0.15, 0.2) is 30.3 Å². The maximum absolute atomic E-state index is 11.8. The standard InChI is InChI=1S/C24H30O2/c1-4-6-20-14-22(15-21(7-5-2)24(20)12-17(3)25)19-9-8-18-10-11-26-16-23(18)13-19/h8-9,13-15H,4-7,10-12,16H2,1-3H3. The first kappa shape index (κ1) is 18.8. The van der Waals surface area contributed by atoms with Crippen LogP contribution in [0.3, 0.4) is 0 Å². The SMILES string of the molecule is CCCc1cc(-c2ccc3c(c2)COCC3)cc(CCC)c1CC(C)=O. The molecule has 1 heterocycles. The Hall–Kier alpha value is -1.93. The predicted molar refractivity (Wildman–Crippen MR) is 108 cm³/mol. The largest absolute Gasteiger partial charge is 0.376 e. The molecule has 1 aliphatic heterocycles. The van der Waals surface area contributed by atoms with Crippen molar-refractivity contribution in [2.45, 2.75) is 65.9 Å². The molecule has 26 heavy (non-hydrogen) atoms. The minimum Gasteiger partial charge on any atom is -0.376 e.